The Kier molecular flexibility index (Phi) is 6.06. The zero-order valence-electron chi connectivity index (χ0n) is 11.7. The van der Waals surface area contributed by atoms with E-state index in [0.29, 0.717) is 6.54 Å². The van der Waals surface area contributed by atoms with Crippen molar-refractivity contribution in [2.75, 3.05) is 17.6 Å². The number of thioether (sulfide) groups is 1. The lowest BCUT2D eigenvalue weighted by atomic mass is 10.2. The molecule has 3 nitrogen and oxygen atoms in total. The van der Waals surface area contributed by atoms with Crippen LogP contribution in [0.2, 0.25) is 0 Å². The van der Waals surface area contributed by atoms with E-state index in [1.54, 1.807) is 17.8 Å². The number of nitrogens with one attached hydrogen (secondary N) is 1. The van der Waals surface area contributed by atoms with Crippen LogP contribution in [-0.4, -0.2) is 18.2 Å². The van der Waals surface area contributed by atoms with Crippen LogP contribution < -0.4 is 11.1 Å². The molecule has 0 aliphatic heterocycles. The summed E-state index contributed by atoms with van der Waals surface area (Å²) in [5.74, 6) is 0.723. The molecule has 2 aromatic rings. The summed E-state index contributed by atoms with van der Waals surface area (Å²) in [5, 5.41) is 2.82. The molecule has 0 spiro atoms. The highest BCUT2D eigenvalue weighted by atomic mass is 32.2. The second-order valence-corrected chi connectivity index (χ2v) is 5.50. The van der Waals surface area contributed by atoms with E-state index in [9.17, 15) is 4.79 Å². The second-order valence-electron chi connectivity index (χ2n) is 4.36. The first-order valence-corrected chi connectivity index (χ1v) is 7.74. The lowest BCUT2D eigenvalue weighted by molar-refractivity contribution is -0.111. The van der Waals surface area contributed by atoms with Crippen molar-refractivity contribution in [3.8, 4) is 0 Å². The summed E-state index contributed by atoms with van der Waals surface area (Å²) in [6, 6.07) is 17.4. The van der Waals surface area contributed by atoms with Crippen molar-refractivity contribution < 1.29 is 4.79 Å². The van der Waals surface area contributed by atoms with Crippen LogP contribution in [0.3, 0.4) is 0 Å². The molecular weight excluding hydrogens is 280 g/mol. The third-order valence-corrected chi connectivity index (χ3v) is 3.87. The summed E-state index contributed by atoms with van der Waals surface area (Å²) in [5.41, 5.74) is 7.35. The molecule has 0 unspecified atom stereocenters. The van der Waals surface area contributed by atoms with Crippen LogP contribution in [0, 0.1) is 0 Å². The Bertz CT molecular complexity index is 611. The molecule has 108 valence electrons. The van der Waals surface area contributed by atoms with Crippen LogP contribution in [0.15, 0.2) is 65.6 Å². The van der Waals surface area contributed by atoms with E-state index in [1.165, 1.54) is 0 Å². The first kappa shape index (κ1) is 15.4. The molecule has 3 N–H and O–H groups in total. The van der Waals surface area contributed by atoms with Gasteiger partial charge in [-0.3, -0.25) is 4.79 Å². The molecule has 0 saturated carbocycles. The standard InChI is InChI=1S/C17H18N2OS/c18-12-13-21-16-9-5-4-6-14(16)10-11-17(20)19-15-7-2-1-3-8-15/h1-11H,12-13,18H2,(H,19,20). The second kappa shape index (κ2) is 8.29. The number of anilines is 1. The molecule has 0 aliphatic carbocycles. The summed E-state index contributed by atoms with van der Waals surface area (Å²) in [6.45, 7) is 0.636. The number of amides is 1. The zero-order valence-corrected chi connectivity index (χ0v) is 12.5. The van der Waals surface area contributed by atoms with E-state index in [-0.39, 0.29) is 5.91 Å². The average Bonchev–Trinajstić information content (AvgIpc) is 2.52. The number of nitrogens with two attached hydrogens (primary N) is 1. The highest BCUT2D eigenvalue weighted by Gasteiger charge is 2.00. The fraction of sp³-hybridized carbons (Fsp3) is 0.118. The maximum atomic E-state index is 11.9. The van der Waals surface area contributed by atoms with E-state index in [0.717, 1.165) is 21.9 Å². The van der Waals surface area contributed by atoms with Crippen molar-refractivity contribution >= 4 is 29.4 Å². The minimum absolute atomic E-state index is 0.139. The Balaban J connectivity index is 2.02. The maximum absolute atomic E-state index is 11.9. The molecule has 0 aromatic heterocycles. The molecule has 2 aromatic carbocycles. The predicted molar refractivity (Wildman–Crippen MR) is 90.3 cm³/mol. The SMILES string of the molecule is NCCSc1ccccc1C=CC(=O)Nc1ccccc1. The van der Waals surface area contributed by atoms with E-state index >= 15 is 0 Å². The smallest absolute Gasteiger partial charge is 0.248 e. The third-order valence-electron chi connectivity index (χ3n) is 2.75. The molecule has 21 heavy (non-hydrogen) atoms. The lowest BCUT2D eigenvalue weighted by Crippen LogP contribution is -2.07. The molecular formula is C17H18N2OS. The van der Waals surface area contributed by atoms with Gasteiger partial charge in [0, 0.05) is 29.0 Å². The normalized spacial score (nSPS) is 10.7. The summed E-state index contributed by atoms with van der Waals surface area (Å²) in [7, 11) is 0. The maximum Gasteiger partial charge on any atom is 0.248 e. The Morgan fingerprint density at radius 3 is 2.57 bits per heavy atom. The zero-order chi connectivity index (χ0) is 14.9. The number of hydrogen-bond donors (Lipinski definition) is 2. The summed E-state index contributed by atoms with van der Waals surface area (Å²) < 4.78 is 0. The lowest BCUT2D eigenvalue weighted by Gasteiger charge is -2.05. The van der Waals surface area contributed by atoms with Gasteiger partial charge < -0.3 is 11.1 Å². The summed E-state index contributed by atoms with van der Waals surface area (Å²) >= 11 is 1.69. The topological polar surface area (TPSA) is 55.1 Å². The van der Waals surface area contributed by atoms with Gasteiger partial charge in [0.2, 0.25) is 5.91 Å². The van der Waals surface area contributed by atoms with Crippen LogP contribution in [0.5, 0.6) is 0 Å². The Hall–Kier alpha value is -2.04. The number of para-hydroxylation sites is 1. The largest absolute Gasteiger partial charge is 0.330 e. The minimum Gasteiger partial charge on any atom is -0.330 e. The van der Waals surface area contributed by atoms with Crippen LogP contribution >= 0.6 is 11.8 Å². The van der Waals surface area contributed by atoms with Crippen molar-refractivity contribution in [2.24, 2.45) is 5.73 Å². The number of hydrogen-bond acceptors (Lipinski definition) is 3. The van der Waals surface area contributed by atoms with Gasteiger partial charge in [0.1, 0.15) is 0 Å². The van der Waals surface area contributed by atoms with Crippen molar-refractivity contribution in [3.63, 3.8) is 0 Å². The van der Waals surface area contributed by atoms with Gasteiger partial charge in [-0.1, -0.05) is 36.4 Å². The number of carbonyl (C=O) groups is 1. The molecule has 0 atom stereocenters. The quantitative estimate of drug-likeness (QED) is 0.635. The van der Waals surface area contributed by atoms with Crippen molar-refractivity contribution in [1.82, 2.24) is 0 Å². The predicted octanol–water partition coefficient (Wildman–Crippen LogP) is 3.39. The van der Waals surface area contributed by atoms with Gasteiger partial charge in [-0.2, -0.15) is 0 Å². The summed E-state index contributed by atoms with van der Waals surface area (Å²) in [6.07, 6.45) is 3.38. The Morgan fingerprint density at radius 1 is 1.10 bits per heavy atom. The van der Waals surface area contributed by atoms with Gasteiger partial charge in [0.25, 0.3) is 0 Å². The Labute approximate surface area is 129 Å². The van der Waals surface area contributed by atoms with Crippen molar-refractivity contribution in [3.05, 3.63) is 66.2 Å². The number of carbonyl (C=O) groups excluding carboxylic acids is 1. The van der Waals surface area contributed by atoms with E-state index in [1.807, 2.05) is 60.7 Å². The van der Waals surface area contributed by atoms with E-state index in [4.69, 9.17) is 5.73 Å². The molecule has 0 heterocycles. The van der Waals surface area contributed by atoms with Crippen LogP contribution in [0.25, 0.3) is 6.08 Å². The fourth-order valence-electron chi connectivity index (χ4n) is 1.79. The van der Waals surface area contributed by atoms with Crippen LogP contribution in [0.4, 0.5) is 5.69 Å². The first-order valence-electron chi connectivity index (χ1n) is 6.75. The fourth-order valence-corrected chi connectivity index (χ4v) is 2.60. The molecule has 0 bridgehead atoms. The molecule has 0 saturated heterocycles. The van der Waals surface area contributed by atoms with Crippen molar-refractivity contribution in [2.45, 2.75) is 4.90 Å². The average molecular weight is 298 g/mol. The van der Waals surface area contributed by atoms with Gasteiger partial charge in [0.15, 0.2) is 0 Å². The Morgan fingerprint density at radius 2 is 1.81 bits per heavy atom. The number of benzene rings is 2. The first-order chi connectivity index (χ1) is 10.3. The van der Waals surface area contributed by atoms with Gasteiger partial charge in [-0.05, 0) is 29.8 Å². The summed E-state index contributed by atoms with van der Waals surface area (Å²) in [4.78, 5) is 13.0. The number of rotatable bonds is 6. The van der Waals surface area contributed by atoms with Gasteiger partial charge in [-0.25, -0.2) is 0 Å². The highest BCUT2D eigenvalue weighted by Crippen LogP contribution is 2.23. The van der Waals surface area contributed by atoms with Crippen molar-refractivity contribution in [1.29, 1.82) is 0 Å². The monoisotopic (exact) mass is 298 g/mol. The molecule has 2 rings (SSSR count). The van der Waals surface area contributed by atoms with Gasteiger partial charge in [-0.15, -0.1) is 11.8 Å². The van der Waals surface area contributed by atoms with Gasteiger partial charge >= 0.3 is 0 Å². The highest BCUT2D eigenvalue weighted by molar-refractivity contribution is 7.99. The van der Waals surface area contributed by atoms with Crippen LogP contribution in [-0.2, 0) is 4.79 Å². The molecule has 0 aliphatic rings. The minimum atomic E-state index is -0.139. The molecule has 0 fully saturated rings. The van der Waals surface area contributed by atoms with Gasteiger partial charge in [0.05, 0.1) is 0 Å². The molecule has 0 radical (unpaired) electrons. The van der Waals surface area contributed by atoms with E-state index < -0.39 is 0 Å². The third kappa shape index (κ3) is 5.10. The van der Waals surface area contributed by atoms with E-state index in [2.05, 4.69) is 5.32 Å². The molecule has 4 heteroatoms. The van der Waals surface area contributed by atoms with Crippen LogP contribution in [0.1, 0.15) is 5.56 Å². The molecule has 1 amide bonds.